The van der Waals surface area contributed by atoms with Crippen molar-refractivity contribution in [3.05, 3.63) is 60.1 Å². The van der Waals surface area contributed by atoms with Crippen molar-refractivity contribution in [2.75, 3.05) is 0 Å². The number of ketones is 1. The Morgan fingerprint density at radius 1 is 1.06 bits per heavy atom. The molecule has 0 unspecified atom stereocenters. The molecule has 0 aliphatic rings. The van der Waals surface area contributed by atoms with Crippen molar-refractivity contribution < 1.29 is 4.79 Å². The third kappa shape index (κ3) is 2.94. The number of aryl methyl sites for hydroxylation is 1. The maximum atomic E-state index is 11.7. The largest absolute Gasteiger partial charge is 0.352 e. The Hall–Kier alpha value is -4.11. The first-order chi connectivity index (χ1) is 15.6. The summed E-state index contributed by atoms with van der Waals surface area (Å²) in [4.78, 5) is 25.8. The number of Topliss-reactive ketones (excluding diaryl/α,β-unsaturated/α-hetero) is 1. The Morgan fingerprint density at radius 3 is 2.75 bits per heavy atom. The monoisotopic (exact) mass is 439 g/mol. The minimum atomic E-state index is 0.0667. The zero-order chi connectivity index (χ0) is 21.8. The first-order valence-corrected chi connectivity index (χ1v) is 10.8. The summed E-state index contributed by atoms with van der Waals surface area (Å²) in [5.74, 6) is 0.0667. The highest BCUT2D eigenvalue weighted by molar-refractivity contribution is 7.17. The van der Waals surface area contributed by atoms with Crippen LogP contribution in [0.1, 0.15) is 16.6 Å². The molecule has 156 valence electrons. The van der Waals surface area contributed by atoms with Crippen molar-refractivity contribution in [1.29, 1.82) is 0 Å². The van der Waals surface area contributed by atoms with Crippen LogP contribution in [0.2, 0.25) is 0 Å². The molecule has 6 aromatic rings. The van der Waals surface area contributed by atoms with Gasteiger partial charge in [-0.25, -0.2) is 4.98 Å². The standard InChI is InChI=1S/C23H17N7OS/c1-12(31)20-3-4-21(32-20)17-9-24-10-19-15(17)6-18(27-19)22-16-5-13(7-25-23(16)29-28-22)14-8-26-30(2)11-14/h3-11,27H,1-2H3,(H,25,28,29). The maximum Gasteiger partial charge on any atom is 0.181 e. The van der Waals surface area contributed by atoms with Crippen molar-refractivity contribution >= 4 is 39.1 Å². The summed E-state index contributed by atoms with van der Waals surface area (Å²) in [5, 5.41) is 13.7. The van der Waals surface area contributed by atoms with Gasteiger partial charge in [-0.2, -0.15) is 10.2 Å². The number of hydrogen-bond acceptors (Lipinski definition) is 6. The van der Waals surface area contributed by atoms with E-state index in [1.807, 2.05) is 37.8 Å². The number of pyridine rings is 2. The zero-order valence-corrected chi connectivity index (χ0v) is 18.1. The Labute approximate surface area is 186 Å². The average molecular weight is 440 g/mol. The molecule has 6 heterocycles. The number of H-pyrrole nitrogens is 2. The number of carbonyl (C=O) groups is 1. The van der Waals surface area contributed by atoms with Gasteiger partial charge in [0, 0.05) is 58.0 Å². The Bertz CT molecular complexity index is 1630. The molecule has 2 N–H and O–H groups in total. The second-order valence-corrected chi connectivity index (χ2v) is 8.73. The summed E-state index contributed by atoms with van der Waals surface area (Å²) in [6.45, 7) is 1.58. The quantitative estimate of drug-likeness (QED) is 0.383. The van der Waals surface area contributed by atoms with E-state index in [9.17, 15) is 4.79 Å². The van der Waals surface area contributed by atoms with E-state index in [4.69, 9.17) is 0 Å². The normalized spacial score (nSPS) is 11.6. The molecule has 0 saturated heterocycles. The summed E-state index contributed by atoms with van der Waals surface area (Å²) >= 11 is 1.48. The molecule has 0 amide bonds. The first kappa shape index (κ1) is 18.6. The van der Waals surface area contributed by atoms with Crippen LogP contribution in [-0.2, 0) is 7.05 Å². The fourth-order valence-electron chi connectivity index (χ4n) is 3.89. The van der Waals surface area contributed by atoms with Crippen LogP contribution in [-0.4, -0.2) is 40.7 Å². The van der Waals surface area contributed by atoms with E-state index in [0.717, 1.165) is 54.1 Å². The second kappa shape index (κ2) is 6.96. The molecule has 0 radical (unpaired) electrons. The topological polar surface area (TPSA) is 105 Å². The van der Waals surface area contributed by atoms with E-state index in [2.05, 4.69) is 42.4 Å². The molecule has 0 aliphatic heterocycles. The summed E-state index contributed by atoms with van der Waals surface area (Å²) in [6, 6.07) is 7.99. The highest BCUT2D eigenvalue weighted by atomic mass is 32.1. The molecule has 0 spiro atoms. The van der Waals surface area contributed by atoms with Gasteiger partial charge in [-0.15, -0.1) is 11.3 Å². The third-order valence-corrected chi connectivity index (χ3v) is 6.70. The summed E-state index contributed by atoms with van der Waals surface area (Å²) in [6.07, 6.45) is 9.22. The number of hydrogen-bond donors (Lipinski definition) is 2. The lowest BCUT2D eigenvalue weighted by Gasteiger charge is -1.98. The fourth-order valence-corrected chi connectivity index (χ4v) is 4.81. The lowest BCUT2D eigenvalue weighted by molar-refractivity contribution is 0.102. The Kier molecular flexibility index (Phi) is 4.05. The predicted molar refractivity (Wildman–Crippen MR) is 124 cm³/mol. The smallest absolute Gasteiger partial charge is 0.181 e. The van der Waals surface area contributed by atoms with Crippen LogP contribution in [0.15, 0.2) is 55.2 Å². The van der Waals surface area contributed by atoms with Crippen LogP contribution in [0, 0.1) is 0 Å². The van der Waals surface area contributed by atoms with Crippen LogP contribution >= 0.6 is 11.3 Å². The van der Waals surface area contributed by atoms with E-state index in [-0.39, 0.29) is 5.78 Å². The van der Waals surface area contributed by atoms with Gasteiger partial charge in [0.2, 0.25) is 0 Å². The van der Waals surface area contributed by atoms with E-state index >= 15 is 0 Å². The van der Waals surface area contributed by atoms with Crippen molar-refractivity contribution in [3.8, 4) is 33.0 Å². The van der Waals surface area contributed by atoms with Gasteiger partial charge < -0.3 is 4.98 Å². The molecule has 0 aromatic carbocycles. The Balaban J connectivity index is 1.49. The molecular formula is C23H17N7OS. The van der Waals surface area contributed by atoms with Crippen LogP contribution in [0.4, 0.5) is 0 Å². The molecule has 0 saturated carbocycles. The van der Waals surface area contributed by atoms with Gasteiger partial charge in [0.05, 0.1) is 34.2 Å². The molecule has 0 bridgehead atoms. The average Bonchev–Trinajstić information content (AvgIpc) is 3.56. The molecule has 8 nitrogen and oxygen atoms in total. The Morgan fingerprint density at radius 2 is 1.97 bits per heavy atom. The maximum absolute atomic E-state index is 11.7. The summed E-state index contributed by atoms with van der Waals surface area (Å²) in [5.41, 5.74) is 6.27. The van der Waals surface area contributed by atoms with Gasteiger partial charge in [-0.1, -0.05) is 0 Å². The lowest BCUT2D eigenvalue weighted by atomic mass is 10.1. The number of nitrogens with zero attached hydrogens (tertiary/aromatic N) is 5. The van der Waals surface area contributed by atoms with E-state index in [1.165, 1.54) is 11.3 Å². The number of aromatic nitrogens is 7. The number of aromatic amines is 2. The molecule has 6 aromatic heterocycles. The van der Waals surface area contributed by atoms with Gasteiger partial charge >= 0.3 is 0 Å². The minimum Gasteiger partial charge on any atom is -0.352 e. The molecule has 0 atom stereocenters. The molecular weight excluding hydrogens is 422 g/mol. The van der Waals surface area contributed by atoms with Crippen molar-refractivity contribution in [2.24, 2.45) is 7.05 Å². The highest BCUT2D eigenvalue weighted by Crippen LogP contribution is 2.36. The third-order valence-electron chi connectivity index (χ3n) is 5.48. The van der Waals surface area contributed by atoms with Gasteiger partial charge in [0.15, 0.2) is 11.4 Å². The molecule has 0 fully saturated rings. The number of nitrogens with one attached hydrogen (secondary N) is 2. The first-order valence-electron chi connectivity index (χ1n) is 9.98. The van der Waals surface area contributed by atoms with Crippen LogP contribution < -0.4 is 0 Å². The molecule has 0 aliphatic carbocycles. The minimum absolute atomic E-state index is 0.0667. The van der Waals surface area contributed by atoms with Crippen LogP contribution in [0.5, 0.6) is 0 Å². The lowest BCUT2D eigenvalue weighted by Crippen LogP contribution is -1.84. The highest BCUT2D eigenvalue weighted by Gasteiger charge is 2.16. The van der Waals surface area contributed by atoms with Gasteiger partial charge in [-0.3, -0.25) is 19.6 Å². The zero-order valence-electron chi connectivity index (χ0n) is 17.2. The molecule has 6 rings (SSSR count). The van der Waals surface area contributed by atoms with Crippen molar-refractivity contribution in [1.82, 2.24) is 34.9 Å². The molecule has 9 heteroatoms. The van der Waals surface area contributed by atoms with Gasteiger partial charge in [0.1, 0.15) is 0 Å². The van der Waals surface area contributed by atoms with Crippen molar-refractivity contribution in [2.45, 2.75) is 6.92 Å². The summed E-state index contributed by atoms with van der Waals surface area (Å²) in [7, 11) is 1.89. The van der Waals surface area contributed by atoms with Gasteiger partial charge in [0.25, 0.3) is 0 Å². The predicted octanol–water partition coefficient (Wildman–Crippen LogP) is 4.83. The molecule has 32 heavy (non-hydrogen) atoms. The van der Waals surface area contributed by atoms with E-state index in [1.54, 1.807) is 24.0 Å². The fraction of sp³-hybridized carbons (Fsp3) is 0.0870. The van der Waals surface area contributed by atoms with Crippen LogP contribution in [0.25, 0.3) is 54.9 Å². The number of rotatable bonds is 4. The van der Waals surface area contributed by atoms with Crippen molar-refractivity contribution in [3.63, 3.8) is 0 Å². The van der Waals surface area contributed by atoms with E-state index < -0.39 is 0 Å². The van der Waals surface area contributed by atoms with Gasteiger partial charge in [-0.05, 0) is 31.2 Å². The van der Waals surface area contributed by atoms with E-state index in [0.29, 0.717) is 5.65 Å². The van der Waals surface area contributed by atoms with Crippen LogP contribution in [0.3, 0.4) is 0 Å². The second-order valence-electron chi connectivity index (χ2n) is 7.65. The number of carbonyl (C=O) groups excluding carboxylic acids is 1. The summed E-state index contributed by atoms with van der Waals surface area (Å²) < 4.78 is 1.77. The number of fused-ring (bicyclic) bond motifs is 2. The number of thiophene rings is 1. The SMILES string of the molecule is CC(=O)c1ccc(-c2cncc3[nH]c(-c4[nH]nc5ncc(-c6cnn(C)c6)cc45)cc23)s1.